The molecule has 1 unspecified atom stereocenters. The molecular formula is C13H17N5O. The lowest BCUT2D eigenvalue weighted by atomic mass is 10.1. The minimum absolute atomic E-state index is 0.609. The molecular weight excluding hydrogens is 242 g/mol. The van der Waals surface area contributed by atoms with Gasteiger partial charge in [0.1, 0.15) is 6.33 Å². The summed E-state index contributed by atoms with van der Waals surface area (Å²) in [4.78, 5) is 0. The summed E-state index contributed by atoms with van der Waals surface area (Å²) in [6, 6.07) is 6.23. The van der Waals surface area contributed by atoms with E-state index in [1.807, 2.05) is 6.92 Å². The topological polar surface area (TPSA) is 64.9 Å². The summed E-state index contributed by atoms with van der Waals surface area (Å²) in [6.07, 6.45) is 2.75. The van der Waals surface area contributed by atoms with Gasteiger partial charge in [0.05, 0.1) is 12.3 Å². The molecule has 1 aliphatic rings. The average Bonchev–Trinajstić information content (AvgIpc) is 3.11. The second-order valence-corrected chi connectivity index (χ2v) is 4.87. The highest BCUT2D eigenvalue weighted by Gasteiger charge is 2.15. The fourth-order valence-corrected chi connectivity index (χ4v) is 2.24. The van der Waals surface area contributed by atoms with Crippen molar-refractivity contribution in [2.45, 2.75) is 13.3 Å². The molecule has 1 saturated heterocycles. The molecule has 0 bridgehead atoms. The molecule has 0 spiro atoms. The zero-order chi connectivity index (χ0) is 13.1. The molecule has 2 heterocycles. The number of nitrogens with one attached hydrogen (secondary N) is 1. The number of benzene rings is 1. The SMILES string of the molecule is Cc1ccc(NCC2CCOC2)cc1-n1cnnn1. The highest BCUT2D eigenvalue weighted by Crippen LogP contribution is 2.19. The second-order valence-electron chi connectivity index (χ2n) is 4.87. The molecule has 3 rings (SSSR count). The number of anilines is 1. The van der Waals surface area contributed by atoms with Crippen LogP contribution in [0.25, 0.3) is 5.69 Å². The van der Waals surface area contributed by atoms with E-state index in [-0.39, 0.29) is 0 Å². The third-order valence-corrected chi connectivity index (χ3v) is 3.42. The van der Waals surface area contributed by atoms with Crippen LogP contribution >= 0.6 is 0 Å². The van der Waals surface area contributed by atoms with Gasteiger partial charge in [0.2, 0.25) is 0 Å². The highest BCUT2D eigenvalue weighted by molar-refractivity contribution is 5.54. The Bertz CT molecular complexity index is 534. The average molecular weight is 259 g/mol. The van der Waals surface area contributed by atoms with Gasteiger partial charge in [0.25, 0.3) is 0 Å². The number of hydrogen-bond acceptors (Lipinski definition) is 5. The number of rotatable bonds is 4. The van der Waals surface area contributed by atoms with E-state index < -0.39 is 0 Å². The van der Waals surface area contributed by atoms with E-state index in [4.69, 9.17) is 4.74 Å². The Balaban J connectivity index is 1.73. The van der Waals surface area contributed by atoms with Gasteiger partial charge in [-0.25, -0.2) is 4.68 Å². The van der Waals surface area contributed by atoms with Crippen molar-refractivity contribution in [3.8, 4) is 5.69 Å². The maximum atomic E-state index is 5.38. The Morgan fingerprint density at radius 1 is 1.47 bits per heavy atom. The zero-order valence-electron chi connectivity index (χ0n) is 10.9. The Morgan fingerprint density at radius 3 is 3.16 bits per heavy atom. The molecule has 0 amide bonds. The first-order chi connectivity index (χ1) is 9.33. The monoisotopic (exact) mass is 259 g/mol. The third kappa shape index (κ3) is 2.73. The molecule has 0 saturated carbocycles. The van der Waals surface area contributed by atoms with Crippen LogP contribution in [0.4, 0.5) is 5.69 Å². The van der Waals surface area contributed by atoms with Crippen molar-refractivity contribution in [1.29, 1.82) is 0 Å². The molecule has 100 valence electrons. The van der Waals surface area contributed by atoms with Crippen LogP contribution in [0.3, 0.4) is 0 Å². The molecule has 0 radical (unpaired) electrons. The number of hydrogen-bond donors (Lipinski definition) is 1. The lowest BCUT2D eigenvalue weighted by Crippen LogP contribution is -2.14. The van der Waals surface area contributed by atoms with E-state index in [9.17, 15) is 0 Å². The van der Waals surface area contributed by atoms with E-state index in [1.54, 1.807) is 11.0 Å². The number of ether oxygens (including phenoxy) is 1. The van der Waals surface area contributed by atoms with Crippen LogP contribution in [0.1, 0.15) is 12.0 Å². The molecule has 0 aliphatic carbocycles. The van der Waals surface area contributed by atoms with Crippen LogP contribution in [0, 0.1) is 12.8 Å². The molecule has 6 nitrogen and oxygen atoms in total. The predicted octanol–water partition coefficient (Wildman–Crippen LogP) is 1.42. The zero-order valence-corrected chi connectivity index (χ0v) is 10.9. The summed E-state index contributed by atoms with van der Waals surface area (Å²) in [5.41, 5.74) is 3.22. The van der Waals surface area contributed by atoms with Crippen molar-refractivity contribution in [3.05, 3.63) is 30.1 Å². The van der Waals surface area contributed by atoms with Crippen LogP contribution in [-0.4, -0.2) is 40.0 Å². The van der Waals surface area contributed by atoms with E-state index in [0.717, 1.165) is 43.1 Å². The van der Waals surface area contributed by atoms with Gasteiger partial charge < -0.3 is 10.1 Å². The van der Waals surface area contributed by atoms with E-state index >= 15 is 0 Å². The van der Waals surface area contributed by atoms with Crippen molar-refractivity contribution in [3.63, 3.8) is 0 Å². The fraction of sp³-hybridized carbons (Fsp3) is 0.462. The lowest BCUT2D eigenvalue weighted by Gasteiger charge is -2.13. The Hall–Kier alpha value is -1.95. The van der Waals surface area contributed by atoms with Crippen LogP contribution in [0.15, 0.2) is 24.5 Å². The van der Waals surface area contributed by atoms with Gasteiger partial charge in [0, 0.05) is 24.8 Å². The van der Waals surface area contributed by atoms with Crippen LogP contribution in [-0.2, 0) is 4.74 Å². The maximum Gasteiger partial charge on any atom is 0.143 e. The highest BCUT2D eigenvalue weighted by atomic mass is 16.5. The molecule has 1 atom stereocenters. The van der Waals surface area contributed by atoms with Gasteiger partial charge >= 0.3 is 0 Å². The molecule has 2 aromatic rings. The molecule has 19 heavy (non-hydrogen) atoms. The summed E-state index contributed by atoms with van der Waals surface area (Å²) < 4.78 is 7.06. The number of aromatic nitrogens is 4. The Kier molecular flexibility index (Phi) is 3.41. The third-order valence-electron chi connectivity index (χ3n) is 3.42. The van der Waals surface area contributed by atoms with Gasteiger partial charge in [-0.15, -0.1) is 5.10 Å². The molecule has 1 aromatic carbocycles. The van der Waals surface area contributed by atoms with Gasteiger partial charge in [0.15, 0.2) is 0 Å². The van der Waals surface area contributed by atoms with Crippen molar-refractivity contribution in [1.82, 2.24) is 20.2 Å². The molecule has 1 aromatic heterocycles. The van der Waals surface area contributed by atoms with Gasteiger partial charge in [-0.3, -0.25) is 0 Å². The van der Waals surface area contributed by atoms with E-state index in [1.165, 1.54) is 0 Å². The van der Waals surface area contributed by atoms with Gasteiger partial charge in [-0.1, -0.05) is 6.07 Å². The Labute approximate surface area is 111 Å². The molecule has 1 N–H and O–H groups in total. The van der Waals surface area contributed by atoms with Crippen molar-refractivity contribution >= 4 is 5.69 Å². The van der Waals surface area contributed by atoms with Crippen molar-refractivity contribution in [2.24, 2.45) is 5.92 Å². The maximum absolute atomic E-state index is 5.38. The second kappa shape index (κ2) is 5.36. The van der Waals surface area contributed by atoms with Gasteiger partial charge in [-0.2, -0.15) is 0 Å². The van der Waals surface area contributed by atoms with Crippen LogP contribution in [0.2, 0.25) is 0 Å². The summed E-state index contributed by atoms with van der Waals surface area (Å²) in [7, 11) is 0. The first-order valence-corrected chi connectivity index (χ1v) is 6.48. The largest absolute Gasteiger partial charge is 0.385 e. The first-order valence-electron chi connectivity index (χ1n) is 6.48. The molecule has 1 fully saturated rings. The van der Waals surface area contributed by atoms with Gasteiger partial charge in [-0.05, 0) is 41.5 Å². The number of tetrazole rings is 1. The molecule has 1 aliphatic heterocycles. The Morgan fingerprint density at radius 2 is 2.42 bits per heavy atom. The van der Waals surface area contributed by atoms with Crippen molar-refractivity contribution < 1.29 is 4.74 Å². The van der Waals surface area contributed by atoms with Crippen LogP contribution in [0.5, 0.6) is 0 Å². The molecule has 6 heteroatoms. The number of aryl methyl sites for hydroxylation is 1. The fourth-order valence-electron chi connectivity index (χ4n) is 2.24. The first kappa shape index (κ1) is 12.1. The summed E-state index contributed by atoms with van der Waals surface area (Å²) in [5.74, 6) is 0.609. The quantitative estimate of drug-likeness (QED) is 0.899. The normalized spacial score (nSPS) is 18.7. The lowest BCUT2D eigenvalue weighted by molar-refractivity contribution is 0.187. The summed E-state index contributed by atoms with van der Waals surface area (Å²) >= 11 is 0. The predicted molar refractivity (Wildman–Crippen MR) is 71.3 cm³/mol. The van der Waals surface area contributed by atoms with E-state index in [2.05, 4.69) is 39.0 Å². The standard InChI is InChI=1S/C13H17N5O/c1-10-2-3-12(14-7-11-4-5-19-8-11)6-13(10)18-9-15-16-17-18/h2-3,6,9,11,14H,4-5,7-8H2,1H3. The minimum atomic E-state index is 0.609. The smallest absolute Gasteiger partial charge is 0.143 e. The van der Waals surface area contributed by atoms with Crippen LogP contribution < -0.4 is 5.32 Å². The summed E-state index contributed by atoms with van der Waals surface area (Å²) in [5, 5.41) is 14.7. The summed E-state index contributed by atoms with van der Waals surface area (Å²) in [6.45, 7) is 4.73. The number of nitrogens with zero attached hydrogens (tertiary/aromatic N) is 4. The minimum Gasteiger partial charge on any atom is -0.385 e. The van der Waals surface area contributed by atoms with E-state index in [0.29, 0.717) is 5.92 Å². The van der Waals surface area contributed by atoms with Crippen molar-refractivity contribution in [2.75, 3.05) is 25.1 Å².